The van der Waals surface area contributed by atoms with E-state index >= 15 is 0 Å². The van der Waals surface area contributed by atoms with Crippen molar-refractivity contribution in [3.63, 3.8) is 0 Å². The molecule has 0 saturated heterocycles. The highest BCUT2D eigenvalue weighted by molar-refractivity contribution is 5.59. The summed E-state index contributed by atoms with van der Waals surface area (Å²) in [4.78, 5) is 0. The number of nitrogens with one attached hydrogen (secondary N) is 1. The first-order chi connectivity index (χ1) is 8.15. The quantitative estimate of drug-likeness (QED) is 0.882. The van der Waals surface area contributed by atoms with Crippen LogP contribution in [-0.2, 0) is 7.05 Å². The highest BCUT2D eigenvalue weighted by Gasteiger charge is 2.14. The van der Waals surface area contributed by atoms with Crippen LogP contribution >= 0.6 is 0 Å². The van der Waals surface area contributed by atoms with E-state index in [1.807, 2.05) is 44.0 Å². The lowest BCUT2D eigenvalue weighted by molar-refractivity contribution is 0.431. The minimum absolute atomic E-state index is 0.278. The minimum Gasteiger partial charge on any atom is -0.459 e. The lowest BCUT2D eigenvalue weighted by Gasteiger charge is -2.09. The Morgan fingerprint density at radius 1 is 1.47 bits per heavy atom. The Hall–Kier alpha value is -1.55. The number of aromatic nitrogens is 2. The molecule has 2 heterocycles. The number of hydrogen-bond acceptors (Lipinski definition) is 3. The lowest BCUT2D eigenvalue weighted by Crippen LogP contribution is -2.14. The van der Waals surface area contributed by atoms with Crippen LogP contribution in [0.3, 0.4) is 0 Å². The molecule has 4 nitrogen and oxygen atoms in total. The van der Waals surface area contributed by atoms with Crippen molar-refractivity contribution < 1.29 is 4.42 Å². The fourth-order valence-electron chi connectivity index (χ4n) is 2.07. The Morgan fingerprint density at radius 2 is 2.24 bits per heavy atom. The number of nitrogens with zero attached hydrogens (tertiary/aromatic N) is 2. The standard InChI is InChI=1S/C13H19N3O/c1-5-11(14-3)13-7-6-12(17-13)10-8-16(4)15-9(10)2/h6-8,11,14H,5H2,1-4H3. The molecular weight excluding hydrogens is 214 g/mol. The molecule has 1 atom stereocenters. The van der Waals surface area contributed by atoms with E-state index in [0.717, 1.165) is 29.2 Å². The van der Waals surface area contributed by atoms with Gasteiger partial charge in [0.2, 0.25) is 0 Å². The molecular formula is C13H19N3O. The number of rotatable bonds is 4. The van der Waals surface area contributed by atoms with Gasteiger partial charge in [0.1, 0.15) is 11.5 Å². The molecule has 1 N–H and O–H groups in total. The summed E-state index contributed by atoms with van der Waals surface area (Å²) in [7, 11) is 3.87. The predicted octanol–water partition coefficient (Wildman–Crippen LogP) is 2.66. The fraction of sp³-hybridized carbons (Fsp3) is 0.462. The molecule has 0 aliphatic rings. The van der Waals surface area contributed by atoms with E-state index < -0.39 is 0 Å². The molecule has 17 heavy (non-hydrogen) atoms. The summed E-state index contributed by atoms with van der Waals surface area (Å²) in [5.74, 6) is 1.87. The number of hydrogen-bond donors (Lipinski definition) is 1. The molecule has 0 saturated carbocycles. The summed E-state index contributed by atoms with van der Waals surface area (Å²) in [5.41, 5.74) is 2.05. The van der Waals surface area contributed by atoms with Gasteiger partial charge in [0.25, 0.3) is 0 Å². The van der Waals surface area contributed by atoms with Crippen molar-refractivity contribution in [2.75, 3.05) is 7.05 Å². The van der Waals surface area contributed by atoms with Gasteiger partial charge in [-0.25, -0.2) is 0 Å². The average Bonchev–Trinajstić information content (AvgIpc) is 2.87. The van der Waals surface area contributed by atoms with Gasteiger partial charge in [-0.05, 0) is 32.5 Å². The van der Waals surface area contributed by atoms with Gasteiger partial charge in [-0.15, -0.1) is 0 Å². The van der Waals surface area contributed by atoms with Crippen LogP contribution in [0.15, 0.2) is 22.7 Å². The van der Waals surface area contributed by atoms with E-state index in [0.29, 0.717) is 0 Å². The van der Waals surface area contributed by atoms with E-state index in [1.165, 1.54) is 0 Å². The second-order valence-corrected chi connectivity index (χ2v) is 4.25. The van der Waals surface area contributed by atoms with Crippen molar-refractivity contribution in [2.45, 2.75) is 26.3 Å². The van der Waals surface area contributed by atoms with Gasteiger partial charge in [-0.2, -0.15) is 5.10 Å². The van der Waals surface area contributed by atoms with Gasteiger partial charge < -0.3 is 9.73 Å². The van der Waals surface area contributed by atoms with Gasteiger partial charge in [0.05, 0.1) is 17.3 Å². The molecule has 2 aromatic heterocycles. The molecule has 0 fully saturated rings. The van der Waals surface area contributed by atoms with Crippen molar-refractivity contribution in [1.29, 1.82) is 0 Å². The zero-order chi connectivity index (χ0) is 12.4. The average molecular weight is 233 g/mol. The van der Waals surface area contributed by atoms with E-state index in [2.05, 4.69) is 17.3 Å². The van der Waals surface area contributed by atoms with Crippen molar-refractivity contribution >= 4 is 0 Å². The normalized spacial score (nSPS) is 12.9. The molecule has 1 unspecified atom stereocenters. The predicted molar refractivity (Wildman–Crippen MR) is 67.7 cm³/mol. The van der Waals surface area contributed by atoms with E-state index in [4.69, 9.17) is 4.42 Å². The van der Waals surface area contributed by atoms with Gasteiger partial charge in [0.15, 0.2) is 0 Å². The minimum atomic E-state index is 0.278. The Morgan fingerprint density at radius 3 is 2.76 bits per heavy atom. The van der Waals surface area contributed by atoms with Gasteiger partial charge in [-0.1, -0.05) is 6.92 Å². The zero-order valence-electron chi connectivity index (χ0n) is 10.8. The zero-order valence-corrected chi connectivity index (χ0v) is 10.8. The summed E-state index contributed by atoms with van der Waals surface area (Å²) in [5, 5.41) is 7.56. The molecule has 2 rings (SSSR count). The molecule has 0 bridgehead atoms. The summed E-state index contributed by atoms with van der Waals surface area (Å²) < 4.78 is 7.70. The topological polar surface area (TPSA) is 43.0 Å². The Labute approximate surface area is 102 Å². The van der Waals surface area contributed by atoms with E-state index in [-0.39, 0.29) is 6.04 Å². The molecule has 92 valence electrons. The monoisotopic (exact) mass is 233 g/mol. The van der Waals surface area contributed by atoms with Crippen LogP contribution < -0.4 is 5.32 Å². The second-order valence-electron chi connectivity index (χ2n) is 4.25. The first-order valence-corrected chi connectivity index (χ1v) is 5.93. The van der Waals surface area contributed by atoms with Gasteiger partial charge in [0, 0.05) is 13.2 Å². The summed E-state index contributed by atoms with van der Waals surface area (Å²) in [6.07, 6.45) is 2.99. The van der Waals surface area contributed by atoms with Gasteiger partial charge >= 0.3 is 0 Å². The van der Waals surface area contributed by atoms with Crippen LogP contribution in [0.2, 0.25) is 0 Å². The van der Waals surface area contributed by atoms with Crippen LogP contribution in [-0.4, -0.2) is 16.8 Å². The van der Waals surface area contributed by atoms with Crippen LogP contribution in [0.5, 0.6) is 0 Å². The Bertz CT molecular complexity index is 494. The number of furan rings is 1. The maximum Gasteiger partial charge on any atom is 0.137 e. The molecule has 0 spiro atoms. The maximum absolute atomic E-state index is 5.89. The molecule has 0 aliphatic heterocycles. The first-order valence-electron chi connectivity index (χ1n) is 5.93. The Balaban J connectivity index is 2.32. The summed E-state index contributed by atoms with van der Waals surface area (Å²) in [6, 6.07) is 4.33. The second kappa shape index (κ2) is 4.75. The smallest absolute Gasteiger partial charge is 0.137 e. The van der Waals surface area contributed by atoms with Gasteiger partial charge in [-0.3, -0.25) is 4.68 Å². The third-order valence-corrected chi connectivity index (χ3v) is 3.01. The largest absolute Gasteiger partial charge is 0.459 e. The summed E-state index contributed by atoms with van der Waals surface area (Å²) >= 11 is 0. The van der Waals surface area contributed by atoms with Crippen LogP contribution in [0.4, 0.5) is 0 Å². The van der Waals surface area contributed by atoms with E-state index in [9.17, 15) is 0 Å². The Kier molecular flexibility index (Phi) is 3.33. The summed E-state index contributed by atoms with van der Waals surface area (Å²) in [6.45, 7) is 4.13. The molecule has 0 amide bonds. The highest BCUT2D eigenvalue weighted by Crippen LogP contribution is 2.28. The fourth-order valence-corrected chi connectivity index (χ4v) is 2.07. The van der Waals surface area contributed by atoms with Crippen molar-refractivity contribution in [2.24, 2.45) is 7.05 Å². The van der Waals surface area contributed by atoms with Crippen LogP contribution in [0.1, 0.15) is 30.8 Å². The number of aryl methyl sites for hydroxylation is 2. The van der Waals surface area contributed by atoms with Crippen molar-refractivity contribution in [3.8, 4) is 11.3 Å². The molecule has 4 heteroatoms. The first kappa shape index (κ1) is 11.9. The SMILES string of the molecule is CCC(NC)c1ccc(-c2cn(C)nc2C)o1. The molecule has 2 aromatic rings. The third kappa shape index (κ3) is 2.26. The van der Waals surface area contributed by atoms with Crippen LogP contribution in [0, 0.1) is 6.92 Å². The third-order valence-electron chi connectivity index (χ3n) is 3.01. The van der Waals surface area contributed by atoms with E-state index in [1.54, 1.807) is 0 Å². The van der Waals surface area contributed by atoms with Crippen molar-refractivity contribution in [1.82, 2.24) is 15.1 Å². The maximum atomic E-state index is 5.89. The molecule has 0 aromatic carbocycles. The molecule has 0 radical (unpaired) electrons. The highest BCUT2D eigenvalue weighted by atomic mass is 16.3. The molecule has 0 aliphatic carbocycles. The lowest BCUT2D eigenvalue weighted by atomic mass is 10.2. The van der Waals surface area contributed by atoms with Crippen LogP contribution in [0.25, 0.3) is 11.3 Å². The van der Waals surface area contributed by atoms with Crippen molar-refractivity contribution in [3.05, 3.63) is 29.8 Å².